The van der Waals surface area contributed by atoms with Gasteiger partial charge in [-0.05, 0) is 18.2 Å². The number of halogens is 4. The minimum absolute atomic E-state index is 0.210. The van der Waals surface area contributed by atoms with Gasteiger partial charge in [0.1, 0.15) is 35.5 Å². The lowest BCUT2D eigenvalue weighted by Crippen LogP contribution is -2.56. The van der Waals surface area contributed by atoms with Crippen molar-refractivity contribution in [2.24, 2.45) is 15.9 Å². The molecule has 3 unspecified atom stereocenters. The lowest BCUT2D eigenvalue weighted by atomic mass is 9.98. The van der Waals surface area contributed by atoms with Gasteiger partial charge in [-0.25, -0.2) is 13.2 Å². The van der Waals surface area contributed by atoms with E-state index in [1.807, 2.05) is 0 Å². The topological polar surface area (TPSA) is 134 Å². The second-order valence-corrected chi connectivity index (χ2v) is 8.31. The Morgan fingerprint density at radius 3 is 2.47 bits per heavy atom. The lowest BCUT2D eigenvalue weighted by Gasteiger charge is -2.40. The number of aliphatic imine (C=N–C) groups is 1. The standard InChI is InChI=1S/C19H18ClF3N4O4S/c20-9-3-10(5-25-4-9)32-19-18(30)16(17(29)14(7-28)31-19)26-6-13(27-24)8-1-11(21)15(23)12(22)2-8/h1-6,14,16-19,28-30H,7,24H2/t14?,16?,17-,18?,19+/m0/s1. The van der Waals surface area contributed by atoms with Gasteiger partial charge in [0.15, 0.2) is 17.5 Å². The molecule has 0 saturated carbocycles. The normalized spacial score (nSPS) is 26.6. The third kappa shape index (κ3) is 5.39. The highest BCUT2D eigenvalue weighted by molar-refractivity contribution is 7.99. The average molecular weight is 491 g/mol. The number of benzene rings is 1. The number of hydrazone groups is 1. The molecule has 1 fully saturated rings. The van der Waals surface area contributed by atoms with Crippen LogP contribution >= 0.6 is 23.4 Å². The van der Waals surface area contributed by atoms with Crippen molar-refractivity contribution in [2.75, 3.05) is 6.61 Å². The smallest absolute Gasteiger partial charge is 0.194 e. The monoisotopic (exact) mass is 490 g/mol. The fourth-order valence-corrected chi connectivity index (χ4v) is 4.30. The highest BCUT2D eigenvalue weighted by Gasteiger charge is 2.44. The first-order chi connectivity index (χ1) is 15.2. The Hall–Kier alpha value is -2.22. The van der Waals surface area contributed by atoms with E-state index in [0.29, 0.717) is 22.1 Å². The van der Waals surface area contributed by atoms with Crippen molar-refractivity contribution in [1.82, 2.24) is 4.98 Å². The van der Waals surface area contributed by atoms with Crippen LogP contribution in [0.4, 0.5) is 13.2 Å². The predicted molar refractivity (Wildman–Crippen MR) is 112 cm³/mol. The largest absolute Gasteiger partial charge is 0.394 e. The van der Waals surface area contributed by atoms with Gasteiger partial charge in [0.25, 0.3) is 0 Å². The molecule has 2 heterocycles. The van der Waals surface area contributed by atoms with Gasteiger partial charge in [-0.15, -0.1) is 0 Å². The van der Waals surface area contributed by atoms with Crippen LogP contribution in [-0.4, -0.2) is 68.6 Å². The van der Waals surface area contributed by atoms with Crippen LogP contribution < -0.4 is 5.84 Å². The van der Waals surface area contributed by atoms with Gasteiger partial charge in [0, 0.05) is 29.1 Å². The number of thioether (sulfide) groups is 1. The van der Waals surface area contributed by atoms with Gasteiger partial charge in [-0.3, -0.25) is 9.98 Å². The highest BCUT2D eigenvalue weighted by atomic mass is 35.5. The summed E-state index contributed by atoms with van der Waals surface area (Å²) < 4.78 is 45.9. The molecule has 0 spiro atoms. The number of ether oxygens (including phenoxy) is 1. The van der Waals surface area contributed by atoms with Gasteiger partial charge < -0.3 is 25.9 Å². The Labute approximate surface area is 189 Å². The second kappa shape index (κ2) is 10.6. The summed E-state index contributed by atoms with van der Waals surface area (Å²) in [4.78, 5) is 8.55. The van der Waals surface area contributed by atoms with Crippen LogP contribution in [0.3, 0.4) is 0 Å². The maximum absolute atomic E-state index is 13.5. The summed E-state index contributed by atoms with van der Waals surface area (Å²) >= 11 is 6.96. The van der Waals surface area contributed by atoms with E-state index >= 15 is 0 Å². The first-order valence-corrected chi connectivity index (χ1v) is 10.4. The summed E-state index contributed by atoms with van der Waals surface area (Å²) in [5.74, 6) is 0.713. The van der Waals surface area contributed by atoms with E-state index in [1.165, 1.54) is 12.4 Å². The van der Waals surface area contributed by atoms with Gasteiger partial charge in [0.2, 0.25) is 0 Å². The third-order valence-corrected chi connectivity index (χ3v) is 5.89. The highest BCUT2D eigenvalue weighted by Crippen LogP contribution is 2.34. The van der Waals surface area contributed by atoms with Crippen molar-refractivity contribution >= 4 is 35.3 Å². The number of aliphatic hydroxyl groups is 3. The molecule has 32 heavy (non-hydrogen) atoms. The van der Waals surface area contributed by atoms with Crippen LogP contribution in [-0.2, 0) is 4.74 Å². The Kier molecular flexibility index (Phi) is 8.09. The summed E-state index contributed by atoms with van der Waals surface area (Å²) in [6, 6.07) is 1.71. The number of hydrogen-bond donors (Lipinski definition) is 4. The second-order valence-electron chi connectivity index (χ2n) is 6.70. The molecule has 1 aliphatic rings. The van der Waals surface area contributed by atoms with Crippen molar-refractivity contribution in [2.45, 2.75) is 34.7 Å². The number of aliphatic hydroxyl groups excluding tert-OH is 3. The van der Waals surface area contributed by atoms with Crippen molar-refractivity contribution in [1.29, 1.82) is 0 Å². The molecule has 1 aromatic heterocycles. The van der Waals surface area contributed by atoms with Crippen molar-refractivity contribution in [3.63, 3.8) is 0 Å². The van der Waals surface area contributed by atoms with Crippen molar-refractivity contribution in [3.8, 4) is 0 Å². The Morgan fingerprint density at radius 2 is 1.88 bits per heavy atom. The lowest BCUT2D eigenvalue weighted by molar-refractivity contribution is -0.159. The first kappa shape index (κ1) is 24.4. The van der Waals surface area contributed by atoms with E-state index in [0.717, 1.165) is 18.0 Å². The zero-order valence-electron chi connectivity index (χ0n) is 16.1. The van der Waals surface area contributed by atoms with Crippen LogP contribution in [0.5, 0.6) is 0 Å². The summed E-state index contributed by atoms with van der Waals surface area (Å²) in [7, 11) is 0. The molecule has 1 aromatic carbocycles. The number of nitrogens with zero attached hydrogens (tertiary/aromatic N) is 3. The van der Waals surface area contributed by atoms with Crippen LogP contribution in [0.15, 0.2) is 45.6 Å². The summed E-state index contributed by atoms with van der Waals surface area (Å²) in [5.41, 5.74) is -1.42. The molecule has 0 amide bonds. The molecule has 1 saturated heterocycles. The zero-order valence-corrected chi connectivity index (χ0v) is 17.7. The number of nitrogens with two attached hydrogens (primary N) is 1. The van der Waals surface area contributed by atoms with E-state index in [9.17, 15) is 28.5 Å². The third-order valence-electron chi connectivity index (χ3n) is 4.57. The number of rotatable bonds is 6. The molecule has 5 atom stereocenters. The van der Waals surface area contributed by atoms with Crippen molar-refractivity contribution < 1.29 is 33.2 Å². The van der Waals surface area contributed by atoms with E-state index in [2.05, 4.69) is 15.1 Å². The van der Waals surface area contributed by atoms with Crippen molar-refractivity contribution in [3.05, 3.63) is 58.6 Å². The van der Waals surface area contributed by atoms with Gasteiger partial charge >= 0.3 is 0 Å². The summed E-state index contributed by atoms with van der Waals surface area (Å²) in [6.45, 7) is -0.572. The zero-order chi connectivity index (χ0) is 23.4. The minimum atomic E-state index is -1.65. The first-order valence-electron chi connectivity index (χ1n) is 9.10. The molecule has 1 aliphatic heterocycles. The number of pyridine rings is 1. The molecule has 5 N–H and O–H groups in total. The molecule has 13 heteroatoms. The molecule has 8 nitrogen and oxygen atoms in total. The van der Waals surface area contributed by atoms with Gasteiger partial charge in [-0.1, -0.05) is 23.4 Å². The molecule has 2 aromatic rings. The molecular weight excluding hydrogens is 473 g/mol. The summed E-state index contributed by atoms with van der Waals surface area (Å²) in [6.07, 6.45) is -0.0163. The van der Waals surface area contributed by atoms with Crippen LogP contribution in [0.2, 0.25) is 5.02 Å². The van der Waals surface area contributed by atoms with Gasteiger partial charge in [0.05, 0.1) is 11.6 Å². The number of hydrogen-bond acceptors (Lipinski definition) is 9. The fourth-order valence-electron chi connectivity index (χ4n) is 2.97. The molecule has 0 aliphatic carbocycles. The van der Waals surface area contributed by atoms with Crippen LogP contribution in [0.25, 0.3) is 0 Å². The molecule has 0 radical (unpaired) electrons. The molecular formula is C19H18ClF3N4O4S. The minimum Gasteiger partial charge on any atom is -0.394 e. The maximum atomic E-state index is 13.5. The van der Waals surface area contributed by atoms with Gasteiger partial charge in [-0.2, -0.15) is 5.10 Å². The number of aromatic nitrogens is 1. The maximum Gasteiger partial charge on any atom is 0.194 e. The Morgan fingerprint density at radius 1 is 1.19 bits per heavy atom. The fraction of sp³-hybridized carbons (Fsp3) is 0.316. The quantitative estimate of drug-likeness (QED) is 0.208. The molecule has 172 valence electrons. The molecule has 3 rings (SSSR count). The van der Waals surface area contributed by atoms with Crippen LogP contribution in [0.1, 0.15) is 5.56 Å². The molecule has 0 bridgehead atoms. The predicted octanol–water partition coefficient (Wildman–Crippen LogP) is 1.49. The summed E-state index contributed by atoms with van der Waals surface area (Å²) in [5, 5.41) is 34.5. The van der Waals surface area contributed by atoms with E-state index in [4.69, 9.17) is 22.2 Å². The van der Waals surface area contributed by atoms with Crippen LogP contribution in [0, 0.1) is 17.5 Å². The Balaban J connectivity index is 1.85. The van der Waals surface area contributed by atoms with E-state index < -0.39 is 53.8 Å². The average Bonchev–Trinajstić information content (AvgIpc) is 2.76. The van der Waals surface area contributed by atoms with E-state index in [1.54, 1.807) is 6.07 Å². The SMILES string of the molecule is NN=C(C=NC1C(O)[C@@H](Sc2cncc(Cl)c2)OC(CO)[C@@H]1O)c1cc(F)c(F)c(F)c1. The van der Waals surface area contributed by atoms with E-state index in [-0.39, 0.29) is 11.3 Å². The Bertz CT molecular complexity index is 1010.